The third-order valence-electron chi connectivity index (χ3n) is 14.0. The first-order valence-corrected chi connectivity index (χ1v) is 24.3. The largest absolute Gasteiger partial charge is 0.457 e. The van der Waals surface area contributed by atoms with Gasteiger partial charge in [0.2, 0.25) is 0 Å². The van der Waals surface area contributed by atoms with Gasteiger partial charge in [-0.15, -0.1) is 0 Å². The molecule has 4 nitrogen and oxygen atoms in total. The predicted molar refractivity (Wildman–Crippen MR) is 273 cm³/mol. The second-order valence-corrected chi connectivity index (χ2v) is 20.2. The van der Waals surface area contributed by atoms with Crippen LogP contribution in [-0.2, 0) is 9.98 Å². The Labute approximate surface area is 388 Å². The van der Waals surface area contributed by atoms with Gasteiger partial charge >= 0.3 is 0 Å². The number of para-hydroxylation sites is 1. The molecule has 314 valence electrons. The molecule has 0 fully saturated rings. The van der Waals surface area contributed by atoms with E-state index in [2.05, 4.69) is 156 Å². The van der Waals surface area contributed by atoms with E-state index in [1.54, 1.807) is 0 Å². The van der Waals surface area contributed by atoms with Crippen molar-refractivity contribution in [2.75, 3.05) is 0 Å². The van der Waals surface area contributed by atoms with Crippen LogP contribution in [0.3, 0.4) is 0 Å². The van der Waals surface area contributed by atoms with Crippen molar-refractivity contribution in [1.29, 1.82) is 5.26 Å². The van der Waals surface area contributed by atoms with Crippen molar-refractivity contribution in [3.63, 3.8) is 0 Å². The molecule has 10 aromatic carbocycles. The Kier molecular flexibility index (Phi) is 8.74. The molecule has 0 saturated carbocycles. The van der Waals surface area contributed by atoms with Gasteiger partial charge < -0.3 is 13.9 Å². The first-order valence-electron chi connectivity index (χ1n) is 22.6. The molecule has 1 aliphatic carbocycles. The van der Waals surface area contributed by atoms with E-state index in [0.717, 1.165) is 88.3 Å². The normalized spacial score (nSPS) is 13.1. The number of hydrogen-bond donors (Lipinski definition) is 0. The highest BCUT2D eigenvalue weighted by Gasteiger charge is 2.51. The fraction of sp³-hybridized carbons (Fsp3) is 0.0161. The number of fused-ring (bicyclic) bond motifs is 12. The summed E-state index contributed by atoms with van der Waals surface area (Å²) in [5.74, 6) is 1.59. The summed E-state index contributed by atoms with van der Waals surface area (Å²) in [7, 11) is -3.14. The number of rotatable bonds is 6. The van der Waals surface area contributed by atoms with Crippen LogP contribution in [0.4, 0.5) is 0 Å². The fourth-order valence-corrected chi connectivity index (χ4v) is 13.6. The van der Waals surface area contributed by atoms with Crippen LogP contribution in [-0.4, -0.2) is 4.57 Å². The molecular weight excluding hydrogens is 836 g/mol. The van der Waals surface area contributed by atoms with Crippen LogP contribution in [0.5, 0.6) is 11.5 Å². The lowest BCUT2D eigenvalue weighted by Crippen LogP contribution is -2.32. The zero-order valence-corrected chi connectivity index (χ0v) is 37.1. The molecule has 0 atom stereocenters. The van der Waals surface area contributed by atoms with Gasteiger partial charge in [0.1, 0.15) is 11.5 Å². The Morgan fingerprint density at radius 3 is 1.45 bits per heavy atom. The van der Waals surface area contributed by atoms with Gasteiger partial charge in [0.15, 0.2) is 7.14 Å². The smallest absolute Gasteiger partial charge is 0.171 e. The van der Waals surface area contributed by atoms with Crippen molar-refractivity contribution in [1.82, 2.24) is 4.57 Å². The van der Waals surface area contributed by atoms with Gasteiger partial charge in [0.05, 0.1) is 28.1 Å². The predicted octanol–water partition coefficient (Wildman–Crippen LogP) is 14.1. The number of hydrogen-bond acceptors (Lipinski definition) is 3. The lowest BCUT2D eigenvalue weighted by atomic mass is 9.65. The highest BCUT2D eigenvalue weighted by Crippen LogP contribution is 2.62. The number of nitriles is 1. The summed E-state index contributed by atoms with van der Waals surface area (Å²) in [6, 6.07) is 84.1. The molecule has 1 aromatic heterocycles. The monoisotopic (exact) mass is 874 g/mol. The van der Waals surface area contributed by atoms with Crippen LogP contribution in [0.25, 0.3) is 60.9 Å². The molecule has 0 amide bonds. The second-order valence-electron chi connectivity index (χ2n) is 17.4. The van der Waals surface area contributed by atoms with Crippen molar-refractivity contribution in [2.24, 2.45) is 0 Å². The summed E-state index contributed by atoms with van der Waals surface area (Å²) in [6.45, 7) is 0. The van der Waals surface area contributed by atoms with Gasteiger partial charge in [-0.25, -0.2) is 0 Å². The molecule has 67 heavy (non-hydrogen) atoms. The Morgan fingerprint density at radius 2 is 0.866 bits per heavy atom. The summed E-state index contributed by atoms with van der Waals surface area (Å²) < 4.78 is 24.7. The average molecular weight is 875 g/mol. The third kappa shape index (κ3) is 5.76. The maximum atomic E-state index is 15.2. The minimum Gasteiger partial charge on any atom is -0.457 e. The van der Waals surface area contributed by atoms with Gasteiger partial charge in [-0.1, -0.05) is 182 Å². The highest BCUT2D eigenvalue weighted by molar-refractivity contribution is 7.85. The van der Waals surface area contributed by atoms with E-state index in [-0.39, 0.29) is 0 Å². The van der Waals surface area contributed by atoms with E-state index in [1.807, 2.05) is 91.0 Å². The third-order valence-corrected chi connectivity index (χ3v) is 17.1. The Hall–Kier alpha value is -8.48. The lowest BCUT2D eigenvalue weighted by Gasteiger charge is -2.39. The lowest BCUT2D eigenvalue weighted by molar-refractivity contribution is 0.437. The Balaban J connectivity index is 0.968. The minimum absolute atomic E-state index is 0.628. The molecule has 13 rings (SSSR count). The van der Waals surface area contributed by atoms with E-state index in [9.17, 15) is 5.26 Å². The van der Waals surface area contributed by atoms with Crippen molar-refractivity contribution >= 4 is 44.9 Å². The molecule has 0 N–H and O–H groups in total. The zero-order chi connectivity index (χ0) is 44.7. The van der Waals surface area contributed by atoms with Gasteiger partial charge in [-0.2, -0.15) is 5.26 Å². The first-order chi connectivity index (χ1) is 33.0. The van der Waals surface area contributed by atoms with Crippen molar-refractivity contribution in [3.05, 3.63) is 264 Å². The zero-order valence-electron chi connectivity index (χ0n) is 36.2. The molecular formula is C62H39N2O2P. The SMILES string of the molecule is N#Cc1ccc2c(c1)c1cc(-c3ccc4c(c3)Oc3cc(-c5ccc(P(=O)(c6ccccc6)c6ccccc6)cc5)ccc3C43c4ccccc4-c4ccccc43)ccc1n2-c1ccccc1. The van der Waals surface area contributed by atoms with Crippen LogP contribution in [0.15, 0.2) is 237 Å². The highest BCUT2D eigenvalue weighted by atomic mass is 31.2. The molecule has 0 bridgehead atoms. The summed E-state index contributed by atoms with van der Waals surface area (Å²) in [5.41, 5.74) is 14.4. The number of nitrogens with zero attached hydrogens (tertiary/aromatic N) is 2. The summed E-state index contributed by atoms with van der Waals surface area (Å²) in [4.78, 5) is 0. The van der Waals surface area contributed by atoms with E-state index in [0.29, 0.717) is 5.56 Å². The molecule has 2 aliphatic rings. The number of ether oxygens (including phenoxy) is 1. The van der Waals surface area contributed by atoms with Gasteiger partial charge in [0.25, 0.3) is 0 Å². The summed E-state index contributed by atoms with van der Waals surface area (Å²) in [5, 5.41) is 14.5. The molecule has 11 aromatic rings. The van der Waals surface area contributed by atoms with Crippen LogP contribution >= 0.6 is 7.14 Å². The van der Waals surface area contributed by atoms with E-state index in [4.69, 9.17) is 4.74 Å². The topological polar surface area (TPSA) is 55.0 Å². The minimum atomic E-state index is -3.14. The second kappa shape index (κ2) is 15.0. The molecule has 2 heterocycles. The Morgan fingerprint density at radius 1 is 0.418 bits per heavy atom. The molecule has 0 unspecified atom stereocenters. The molecule has 0 radical (unpaired) electrons. The van der Waals surface area contributed by atoms with Crippen molar-refractivity contribution in [3.8, 4) is 56.6 Å². The van der Waals surface area contributed by atoms with E-state index >= 15 is 4.57 Å². The van der Waals surface area contributed by atoms with Gasteiger partial charge in [-0.05, 0) is 99.1 Å². The van der Waals surface area contributed by atoms with Crippen LogP contribution in [0.2, 0.25) is 0 Å². The van der Waals surface area contributed by atoms with Crippen LogP contribution in [0.1, 0.15) is 27.8 Å². The van der Waals surface area contributed by atoms with Crippen molar-refractivity contribution < 1.29 is 9.30 Å². The van der Waals surface area contributed by atoms with E-state index < -0.39 is 12.6 Å². The Bertz CT molecular complexity index is 3780. The van der Waals surface area contributed by atoms with Crippen LogP contribution < -0.4 is 20.7 Å². The van der Waals surface area contributed by atoms with Gasteiger partial charge in [-0.3, -0.25) is 0 Å². The molecule has 1 aliphatic heterocycles. The molecule has 1 spiro atoms. The molecule has 5 heteroatoms. The maximum absolute atomic E-state index is 15.2. The summed E-state index contributed by atoms with van der Waals surface area (Å²) >= 11 is 0. The van der Waals surface area contributed by atoms with Crippen LogP contribution in [0, 0.1) is 11.3 Å². The average Bonchev–Trinajstić information content (AvgIpc) is 3.88. The summed E-state index contributed by atoms with van der Waals surface area (Å²) in [6.07, 6.45) is 0. The van der Waals surface area contributed by atoms with Crippen molar-refractivity contribution in [2.45, 2.75) is 5.41 Å². The number of benzene rings is 10. The fourth-order valence-electron chi connectivity index (χ4n) is 11.0. The standard InChI is InChI=1S/C62H39N2O2P/c63-40-41-24-34-58-52(36-41)53-37-43(29-35-59(53)64(58)46-14-4-1-5-15-46)45-28-33-57-61(39-45)66-60-38-44(27-32-56(60)62(57)54-22-12-10-20-50(54)51-21-11-13-23-55(51)62)42-25-30-49(31-26-42)67(65,47-16-6-2-7-17-47)48-18-8-3-9-19-48/h1-39H. The first kappa shape index (κ1) is 38.9. The van der Waals surface area contributed by atoms with Gasteiger partial charge in [0, 0.05) is 43.5 Å². The van der Waals surface area contributed by atoms with E-state index in [1.165, 1.54) is 22.3 Å². The maximum Gasteiger partial charge on any atom is 0.171 e. The molecule has 0 saturated heterocycles. The number of aromatic nitrogens is 1. The quantitative estimate of drug-likeness (QED) is 0.156.